The van der Waals surface area contributed by atoms with E-state index in [4.69, 9.17) is 5.10 Å². The Morgan fingerprint density at radius 3 is 2.62 bits per heavy atom. The lowest BCUT2D eigenvalue weighted by Crippen LogP contribution is -2.40. The molecule has 3 heterocycles. The Kier molecular flexibility index (Phi) is 5.04. The summed E-state index contributed by atoms with van der Waals surface area (Å²) in [6.07, 6.45) is 4.29. The Morgan fingerprint density at radius 1 is 1.15 bits per heavy atom. The minimum absolute atomic E-state index is 0.0523. The normalized spacial score (nSPS) is 21.0. The summed E-state index contributed by atoms with van der Waals surface area (Å²) >= 11 is 1.65. The highest BCUT2D eigenvalue weighted by Crippen LogP contribution is 2.34. The summed E-state index contributed by atoms with van der Waals surface area (Å²) in [7, 11) is 0. The first-order valence-electron chi connectivity index (χ1n) is 9.15. The quantitative estimate of drug-likeness (QED) is 0.896. The van der Waals surface area contributed by atoms with Gasteiger partial charge in [0.1, 0.15) is 5.75 Å². The molecule has 1 aromatic carbocycles. The van der Waals surface area contributed by atoms with Crippen LogP contribution in [-0.2, 0) is 4.79 Å². The van der Waals surface area contributed by atoms with Crippen LogP contribution in [0.2, 0.25) is 0 Å². The number of phenols is 1. The third-order valence-electron chi connectivity index (χ3n) is 5.06. The minimum atomic E-state index is -0.106. The average Bonchev–Trinajstić information content (AvgIpc) is 3.33. The lowest BCUT2D eigenvalue weighted by molar-refractivity contribution is -0.134. The zero-order chi connectivity index (χ0) is 17.9. The van der Waals surface area contributed by atoms with E-state index in [0.717, 1.165) is 29.2 Å². The summed E-state index contributed by atoms with van der Waals surface area (Å²) in [5.41, 5.74) is 1.97. The number of aromatic hydroxyl groups is 1. The number of carbonyl (C=O) groups excluding carboxylic acids is 1. The molecule has 0 bridgehead atoms. The molecule has 26 heavy (non-hydrogen) atoms. The Bertz CT molecular complexity index is 780. The van der Waals surface area contributed by atoms with Crippen molar-refractivity contribution in [1.29, 1.82) is 0 Å². The van der Waals surface area contributed by atoms with Crippen molar-refractivity contribution in [3.63, 3.8) is 0 Å². The van der Waals surface area contributed by atoms with Gasteiger partial charge in [0.15, 0.2) is 0 Å². The Labute approximate surface area is 157 Å². The molecule has 1 N–H and O–H groups in total. The van der Waals surface area contributed by atoms with E-state index in [1.54, 1.807) is 28.5 Å². The molecule has 1 saturated heterocycles. The van der Waals surface area contributed by atoms with Crippen molar-refractivity contribution in [3.05, 3.63) is 52.2 Å². The second-order valence-corrected chi connectivity index (χ2v) is 7.86. The molecule has 0 spiro atoms. The topological polar surface area (TPSA) is 56.1 Å². The van der Waals surface area contributed by atoms with Gasteiger partial charge < -0.3 is 5.11 Å². The monoisotopic (exact) mass is 369 g/mol. The highest BCUT2D eigenvalue weighted by Gasteiger charge is 2.34. The van der Waals surface area contributed by atoms with E-state index < -0.39 is 0 Å². The first kappa shape index (κ1) is 17.2. The molecular weight excluding hydrogens is 346 g/mol. The second-order valence-electron chi connectivity index (χ2n) is 6.91. The van der Waals surface area contributed by atoms with Crippen molar-refractivity contribution < 1.29 is 9.90 Å². The Balaban J connectivity index is 1.57. The largest absolute Gasteiger partial charge is 0.508 e. The van der Waals surface area contributed by atoms with Crippen molar-refractivity contribution in [2.24, 2.45) is 5.10 Å². The van der Waals surface area contributed by atoms with Crippen LogP contribution in [0.15, 0.2) is 46.9 Å². The second kappa shape index (κ2) is 7.60. The summed E-state index contributed by atoms with van der Waals surface area (Å²) in [5, 5.41) is 18.0. The maximum absolute atomic E-state index is 13.0. The molecule has 4 rings (SSSR count). The van der Waals surface area contributed by atoms with E-state index in [1.165, 1.54) is 19.3 Å². The van der Waals surface area contributed by atoms with Crippen LogP contribution in [0, 0.1) is 0 Å². The fraction of sp³-hybridized carbons (Fsp3) is 0.400. The number of piperidine rings is 1. The highest BCUT2D eigenvalue weighted by molar-refractivity contribution is 7.12. The first-order chi connectivity index (χ1) is 12.7. The van der Waals surface area contributed by atoms with Gasteiger partial charge in [-0.15, -0.1) is 11.3 Å². The average molecular weight is 369 g/mol. The molecule has 1 fully saturated rings. The van der Waals surface area contributed by atoms with Gasteiger partial charge in [-0.1, -0.05) is 24.6 Å². The number of rotatable bonds is 4. The molecule has 5 nitrogen and oxygen atoms in total. The molecule has 6 heteroatoms. The predicted molar refractivity (Wildman–Crippen MR) is 103 cm³/mol. The number of hydrazone groups is 1. The summed E-state index contributed by atoms with van der Waals surface area (Å²) < 4.78 is 0. The molecular formula is C20H23N3O2S. The zero-order valence-corrected chi connectivity index (χ0v) is 15.5. The highest BCUT2D eigenvalue weighted by atomic mass is 32.1. The standard InChI is InChI=1S/C20H23N3O2S/c24-16-8-6-15(7-9-16)18-13-17(19-5-4-12-26-19)21-23(18)20(25)14-22-10-2-1-3-11-22/h4-9,12,18,24H,1-3,10-11,13-14H2/t18-/m0/s1. The molecule has 2 aromatic rings. The number of benzene rings is 1. The van der Waals surface area contributed by atoms with Crippen LogP contribution in [-0.4, -0.2) is 46.3 Å². The number of amides is 1. The van der Waals surface area contributed by atoms with E-state index in [0.29, 0.717) is 13.0 Å². The van der Waals surface area contributed by atoms with Gasteiger partial charge in [0.2, 0.25) is 0 Å². The van der Waals surface area contributed by atoms with Crippen molar-refractivity contribution in [1.82, 2.24) is 9.91 Å². The van der Waals surface area contributed by atoms with Crippen molar-refractivity contribution in [2.75, 3.05) is 19.6 Å². The van der Waals surface area contributed by atoms with Gasteiger partial charge in [-0.2, -0.15) is 5.10 Å². The Morgan fingerprint density at radius 2 is 1.92 bits per heavy atom. The third kappa shape index (κ3) is 3.66. The molecule has 0 radical (unpaired) electrons. The summed E-state index contributed by atoms with van der Waals surface area (Å²) in [4.78, 5) is 16.4. The van der Waals surface area contributed by atoms with Gasteiger partial charge in [-0.3, -0.25) is 9.69 Å². The number of likely N-dealkylation sites (tertiary alicyclic amines) is 1. The van der Waals surface area contributed by atoms with Crippen LogP contribution in [0.3, 0.4) is 0 Å². The summed E-state index contributed by atoms with van der Waals surface area (Å²) in [6, 6.07) is 11.1. The van der Waals surface area contributed by atoms with Crippen LogP contribution in [0.1, 0.15) is 42.2 Å². The summed E-state index contributed by atoms with van der Waals surface area (Å²) in [6.45, 7) is 2.41. The van der Waals surface area contributed by atoms with E-state index >= 15 is 0 Å². The summed E-state index contributed by atoms with van der Waals surface area (Å²) in [5.74, 6) is 0.286. The van der Waals surface area contributed by atoms with E-state index in [1.807, 2.05) is 23.6 Å². The molecule has 2 aliphatic rings. The lowest BCUT2D eigenvalue weighted by atomic mass is 10.0. The number of phenolic OH excluding ortho intramolecular Hbond substituents is 1. The number of thiophene rings is 1. The molecule has 2 aliphatic heterocycles. The van der Waals surface area contributed by atoms with Crippen molar-refractivity contribution in [2.45, 2.75) is 31.7 Å². The number of hydrogen-bond donors (Lipinski definition) is 1. The van der Waals surface area contributed by atoms with E-state index in [-0.39, 0.29) is 17.7 Å². The molecule has 0 saturated carbocycles. The molecule has 1 aromatic heterocycles. The maximum atomic E-state index is 13.0. The van der Waals surface area contributed by atoms with Crippen LogP contribution < -0.4 is 0 Å². The fourth-order valence-corrected chi connectivity index (χ4v) is 4.39. The Hall–Kier alpha value is -2.18. The first-order valence-corrected chi connectivity index (χ1v) is 10.0. The minimum Gasteiger partial charge on any atom is -0.508 e. The van der Waals surface area contributed by atoms with Crippen LogP contribution >= 0.6 is 11.3 Å². The lowest BCUT2D eigenvalue weighted by Gasteiger charge is -2.29. The molecule has 0 unspecified atom stereocenters. The SMILES string of the molecule is O=C(CN1CCCCC1)N1N=C(c2cccs2)C[C@H]1c1ccc(O)cc1. The van der Waals surface area contributed by atoms with E-state index in [9.17, 15) is 9.90 Å². The number of nitrogens with zero attached hydrogens (tertiary/aromatic N) is 3. The number of hydrogen-bond acceptors (Lipinski definition) is 5. The van der Waals surface area contributed by atoms with Gasteiger partial charge in [0.05, 0.1) is 23.2 Å². The van der Waals surface area contributed by atoms with Gasteiger partial charge >= 0.3 is 0 Å². The van der Waals surface area contributed by atoms with Gasteiger partial charge in [0.25, 0.3) is 5.91 Å². The smallest absolute Gasteiger partial charge is 0.257 e. The van der Waals surface area contributed by atoms with Gasteiger partial charge in [-0.25, -0.2) is 5.01 Å². The number of carbonyl (C=O) groups is 1. The molecule has 0 aliphatic carbocycles. The van der Waals surface area contributed by atoms with Crippen LogP contribution in [0.25, 0.3) is 0 Å². The van der Waals surface area contributed by atoms with Crippen LogP contribution in [0.5, 0.6) is 5.75 Å². The zero-order valence-electron chi connectivity index (χ0n) is 14.7. The van der Waals surface area contributed by atoms with Crippen molar-refractivity contribution in [3.8, 4) is 5.75 Å². The molecule has 1 atom stereocenters. The third-order valence-corrected chi connectivity index (χ3v) is 5.98. The predicted octanol–water partition coefficient (Wildman–Crippen LogP) is 3.62. The van der Waals surface area contributed by atoms with E-state index in [2.05, 4.69) is 11.0 Å². The van der Waals surface area contributed by atoms with Crippen LogP contribution in [0.4, 0.5) is 0 Å². The molecule has 1 amide bonds. The van der Waals surface area contributed by atoms with Gasteiger partial charge in [-0.05, 0) is 55.1 Å². The fourth-order valence-electron chi connectivity index (χ4n) is 3.67. The molecule has 136 valence electrons. The maximum Gasteiger partial charge on any atom is 0.257 e. The van der Waals surface area contributed by atoms with Crippen molar-refractivity contribution >= 4 is 23.0 Å². The van der Waals surface area contributed by atoms with Gasteiger partial charge in [0, 0.05) is 6.42 Å².